The molecule has 2 N–H and O–H groups in total. The maximum absolute atomic E-state index is 13.0. The zero-order valence-electron chi connectivity index (χ0n) is 14.5. The van der Waals surface area contributed by atoms with Crippen LogP contribution in [0.25, 0.3) is 10.9 Å². The molecule has 1 aromatic heterocycles. The monoisotopic (exact) mass is 323 g/mol. The van der Waals surface area contributed by atoms with E-state index in [-0.39, 0.29) is 11.9 Å². The fraction of sp³-hybridized carbons (Fsp3) is 0.500. The fourth-order valence-electron chi connectivity index (χ4n) is 3.71. The second kappa shape index (κ2) is 6.17. The Kier molecular flexibility index (Phi) is 4.01. The summed E-state index contributed by atoms with van der Waals surface area (Å²) < 4.78 is 0. The Balaban J connectivity index is 1.75. The SMILES string of the molecule is Cc1cc(C)c2nc(C3CC3)cc(C(=O)N[C@H]3CCCNC3)c2c1. The van der Waals surface area contributed by atoms with Crippen molar-refractivity contribution >= 4 is 16.8 Å². The van der Waals surface area contributed by atoms with Crippen LogP contribution in [0.5, 0.6) is 0 Å². The summed E-state index contributed by atoms with van der Waals surface area (Å²) in [6.45, 7) is 6.08. The molecule has 2 fully saturated rings. The van der Waals surface area contributed by atoms with Crippen LogP contribution in [-0.2, 0) is 0 Å². The van der Waals surface area contributed by atoms with Gasteiger partial charge >= 0.3 is 0 Å². The van der Waals surface area contributed by atoms with Gasteiger partial charge in [0, 0.05) is 29.6 Å². The molecule has 4 heteroatoms. The molecule has 4 rings (SSSR count). The molecule has 1 aromatic carbocycles. The molecular weight excluding hydrogens is 298 g/mol. The van der Waals surface area contributed by atoms with Gasteiger partial charge in [0.1, 0.15) is 0 Å². The summed E-state index contributed by atoms with van der Waals surface area (Å²) in [6.07, 6.45) is 4.55. The molecule has 1 saturated heterocycles. The number of carbonyl (C=O) groups is 1. The van der Waals surface area contributed by atoms with E-state index >= 15 is 0 Å². The number of aromatic nitrogens is 1. The van der Waals surface area contributed by atoms with E-state index in [0.717, 1.165) is 53.7 Å². The van der Waals surface area contributed by atoms with Gasteiger partial charge in [-0.1, -0.05) is 11.6 Å². The molecule has 0 bridgehead atoms. The lowest BCUT2D eigenvalue weighted by Crippen LogP contribution is -2.45. The topological polar surface area (TPSA) is 54.0 Å². The largest absolute Gasteiger partial charge is 0.348 e. The number of pyridine rings is 1. The normalized spacial score (nSPS) is 21.0. The number of hydrogen-bond donors (Lipinski definition) is 2. The molecule has 1 saturated carbocycles. The second-order valence-corrected chi connectivity index (χ2v) is 7.36. The van der Waals surface area contributed by atoms with E-state index in [2.05, 4.69) is 36.6 Å². The van der Waals surface area contributed by atoms with E-state index in [1.165, 1.54) is 18.4 Å². The number of benzene rings is 1. The van der Waals surface area contributed by atoms with Crippen LogP contribution >= 0.6 is 0 Å². The lowest BCUT2D eigenvalue weighted by Gasteiger charge is -2.24. The van der Waals surface area contributed by atoms with E-state index in [1.54, 1.807) is 0 Å². The molecule has 126 valence electrons. The first kappa shape index (κ1) is 15.6. The molecule has 2 aliphatic rings. The van der Waals surface area contributed by atoms with Crippen LogP contribution in [0, 0.1) is 13.8 Å². The van der Waals surface area contributed by atoms with Gasteiger partial charge in [0.05, 0.1) is 11.1 Å². The summed E-state index contributed by atoms with van der Waals surface area (Å²) in [5.74, 6) is 0.584. The Morgan fingerprint density at radius 2 is 2.04 bits per heavy atom. The standard InChI is InChI=1S/C20H25N3O/c1-12-8-13(2)19-16(9-12)17(10-18(23-19)14-5-6-14)20(24)22-15-4-3-7-21-11-15/h8-10,14-15,21H,3-7,11H2,1-2H3,(H,22,24)/t15-/m0/s1. The molecule has 2 heterocycles. The third-order valence-corrected chi connectivity index (χ3v) is 5.14. The average Bonchev–Trinajstić information content (AvgIpc) is 3.40. The Morgan fingerprint density at radius 1 is 1.21 bits per heavy atom. The third-order valence-electron chi connectivity index (χ3n) is 5.14. The third kappa shape index (κ3) is 3.03. The molecule has 24 heavy (non-hydrogen) atoms. The number of nitrogens with zero attached hydrogens (tertiary/aromatic N) is 1. The Labute approximate surface area is 143 Å². The predicted molar refractivity (Wildman–Crippen MR) is 96.5 cm³/mol. The van der Waals surface area contributed by atoms with Crippen molar-refractivity contribution in [3.8, 4) is 0 Å². The van der Waals surface area contributed by atoms with Crippen molar-refractivity contribution in [2.75, 3.05) is 13.1 Å². The van der Waals surface area contributed by atoms with Gasteiger partial charge in [0.15, 0.2) is 0 Å². The number of amides is 1. The van der Waals surface area contributed by atoms with Crippen LogP contribution < -0.4 is 10.6 Å². The molecule has 1 amide bonds. The summed E-state index contributed by atoms with van der Waals surface area (Å²) in [5, 5.41) is 7.57. The van der Waals surface area contributed by atoms with Gasteiger partial charge in [0.25, 0.3) is 5.91 Å². The lowest BCUT2D eigenvalue weighted by atomic mass is 9.99. The minimum atomic E-state index is 0.0444. The summed E-state index contributed by atoms with van der Waals surface area (Å²) in [4.78, 5) is 17.9. The first-order valence-corrected chi connectivity index (χ1v) is 9.05. The van der Waals surface area contributed by atoms with Gasteiger partial charge in [-0.05, 0) is 63.8 Å². The zero-order chi connectivity index (χ0) is 16.7. The van der Waals surface area contributed by atoms with Crippen LogP contribution in [0.3, 0.4) is 0 Å². The highest BCUT2D eigenvalue weighted by atomic mass is 16.1. The fourth-order valence-corrected chi connectivity index (χ4v) is 3.71. The van der Waals surface area contributed by atoms with Gasteiger partial charge in [-0.15, -0.1) is 0 Å². The van der Waals surface area contributed by atoms with Crippen molar-refractivity contribution in [2.24, 2.45) is 0 Å². The second-order valence-electron chi connectivity index (χ2n) is 7.36. The van der Waals surface area contributed by atoms with Crippen molar-refractivity contribution in [1.29, 1.82) is 0 Å². The van der Waals surface area contributed by atoms with E-state index in [9.17, 15) is 4.79 Å². The highest BCUT2D eigenvalue weighted by Gasteiger charge is 2.28. The molecule has 1 aliphatic carbocycles. The van der Waals surface area contributed by atoms with E-state index in [1.807, 2.05) is 6.07 Å². The predicted octanol–water partition coefficient (Wildman–Crippen LogP) is 3.21. The minimum absolute atomic E-state index is 0.0444. The van der Waals surface area contributed by atoms with Crippen LogP contribution in [0.15, 0.2) is 18.2 Å². The molecule has 0 radical (unpaired) electrons. The number of carbonyl (C=O) groups excluding carboxylic acids is 1. The van der Waals surface area contributed by atoms with Crippen molar-refractivity contribution in [3.63, 3.8) is 0 Å². The molecule has 1 aliphatic heterocycles. The first-order chi connectivity index (χ1) is 11.6. The summed E-state index contributed by atoms with van der Waals surface area (Å²) >= 11 is 0. The van der Waals surface area contributed by atoms with Crippen LogP contribution in [0.2, 0.25) is 0 Å². The van der Waals surface area contributed by atoms with Crippen LogP contribution in [0.1, 0.15) is 58.8 Å². The number of piperidine rings is 1. The van der Waals surface area contributed by atoms with E-state index < -0.39 is 0 Å². The van der Waals surface area contributed by atoms with Crippen molar-refractivity contribution in [1.82, 2.24) is 15.6 Å². The maximum atomic E-state index is 13.0. The summed E-state index contributed by atoms with van der Waals surface area (Å²) in [5.41, 5.74) is 5.19. The van der Waals surface area contributed by atoms with Gasteiger partial charge in [-0.2, -0.15) is 0 Å². The highest BCUT2D eigenvalue weighted by Crippen LogP contribution is 2.40. The van der Waals surface area contributed by atoms with Gasteiger partial charge in [-0.3, -0.25) is 9.78 Å². The molecular formula is C20H25N3O. The van der Waals surface area contributed by atoms with Crippen molar-refractivity contribution < 1.29 is 4.79 Å². The molecule has 0 spiro atoms. The Morgan fingerprint density at radius 3 is 2.75 bits per heavy atom. The van der Waals surface area contributed by atoms with Gasteiger partial charge in [0.2, 0.25) is 0 Å². The number of hydrogen-bond acceptors (Lipinski definition) is 3. The summed E-state index contributed by atoms with van der Waals surface area (Å²) in [6, 6.07) is 6.51. The molecule has 2 aromatic rings. The van der Waals surface area contributed by atoms with Crippen molar-refractivity contribution in [3.05, 3.63) is 40.6 Å². The zero-order valence-corrected chi connectivity index (χ0v) is 14.5. The minimum Gasteiger partial charge on any atom is -0.348 e. The smallest absolute Gasteiger partial charge is 0.252 e. The quantitative estimate of drug-likeness (QED) is 0.912. The van der Waals surface area contributed by atoms with Crippen LogP contribution in [0.4, 0.5) is 0 Å². The first-order valence-electron chi connectivity index (χ1n) is 9.05. The number of aryl methyl sites for hydroxylation is 2. The molecule has 0 unspecified atom stereocenters. The molecule has 1 atom stereocenters. The Bertz CT molecular complexity index is 789. The van der Waals surface area contributed by atoms with E-state index in [4.69, 9.17) is 4.98 Å². The number of nitrogens with one attached hydrogen (secondary N) is 2. The van der Waals surface area contributed by atoms with Gasteiger partial charge in [-0.25, -0.2) is 0 Å². The maximum Gasteiger partial charge on any atom is 0.252 e. The average molecular weight is 323 g/mol. The Hall–Kier alpha value is -1.94. The summed E-state index contributed by atoms with van der Waals surface area (Å²) in [7, 11) is 0. The van der Waals surface area contributed by atoms with Crippen LogP contribution in [-0.4, -0.2) is 30.0 Å². The number of fused-ring (bicyclic) bond motifs is 1. The van der Waals surface area contributed by atoms with E-state index in [0.29, 0.717) is 5.92 Å². The highest BCUT2D eigenvalue weighted by molar-refractivity contribution is 6.07. The number of rotatable bonds is 3. The van der Waals surface area contributed by atoms with Crippen molar-refractivity contribution in [2.45, 2.75) is 51.5 Å². The molecule has 4 nitrogen and oxygen atoms in total. The lowest BCUT2D eigenvalue weighted by molar-refractivity contribution is 0.0932. The van der Waals surface area contributed by atoms with Gasteiger partial charge < -0.3 is 10.6 Å².